The molecule has 0 amide bonds. The molecule has 0 bridgehead atoms. The molecule has 1 atom stereocenters. The summed E-state index contributed by atoms with van der Waals surface area (Å²) >= 11 is 0. The molecule has 0 spiro atoms. The number of hydrogen-bond acceptors (Lipinski definition) is 4. The zero-order chi connectivity index (χ0) is 22.8. The molecule has 168 valence electrons. The molecule has 1 aliphatic rings. The summed E-state index contributed by atoms with van der Waals surface area (Å²) in [5.74, 6) is 0.480. The van der Waals surface area contributed by atoms with E-state index in [0.717, 1.165) is 46.1 Å². The minimum Gasteiger partial charge on any atom is -0.508 e. The number of nitrogens with zero attached hydrogens (tertiary/aromatic N) is 1. The summed E-state index contributed by atoms with van der Waals surface area (Å²) in [6, 6.07) is 25.5. The number of methoxy groups -OCH3 is 1. The topological polar surface area (TPSA) is 52.9 Å². The molecule has 0 radical (unpaired) electrons. The predicted molar refractivity (Wildman–Crippen MR) is 134 cm³/mol. The molecule has 0 aliphatic carbocycles. The molecule has 33 heavy (non-hydrogen) atoms. The molecule has 0 saturated carbocycles. The third kappa shape index (κ3) is 4.27. The lowest BCUT2D eigenvalue weighted by Gasteiger charge is -2.29. The highest BCUT2D eigenvalue weighted by Crippen LogP contribution is 2.40. The monoisotopic (exact) mass is 439 g/mol. The van der Waals surface area contributed by atoms with Crippen LogP contribution >= 0.6 is 0 Å². The molecule has 4 heteroatoms. The van der Waals surface area contributed by atoms with Gasteiger partial charge in [0.25, 0.3) is 0 Å². The Labute approximate surface area is 194 Å². The number of phenolic OH excluding ortho intramolecular Hbond substituents is 2. The van der Waals surface area contributed by atoms with Gasteiger partial charge in [-0.25, -0.2) is 0 Å². The minimum atomic E-state index is -0.280. The summed E-state index contributed by atoms with van der Waals surface area (Å²) < 4.78 is 6.11. The van der Waals surface area contributed by atoms with Crippen LogP contribution in [0.2, 0.25) is 0 Å². The van der Waals surface area contributed by atoms with Crippen molar-refractivity contribution in [2.45, 2.75) is 25.4 Å². The van der Waals surface area contributed by atoms with Crippen molar-refractivity contribution in [3.63, 3.8) is 0 Å². The van der Waals surface area contributed by atoms with Crippen molar-refractivity contribution in [2.24, 2.45) is 0 Å². The van der Waals surface area contributed by atoms with Crippen LogP contribution in [0.3, 0.4) is 0 Å². The van der Waals surface area contributed by atoms with Gasteiger partial charge >= 0.3 is 0 Å². The molecule has 1 saturated heterocycles. The second-order valence-corrected chi connectivity index (χ2v) is 8.73. The zero-order valence-electron chi connectivity index (χ0n) is 18.9. The quantitative estimate of drug-likeness (QED) is 0.366. The van der Waals surface area contributed by atoms with E-state index in [2.05, 4.69) is 35.2 Å². The van der Waals surface area contributed by atoms with Gasteiger partial charge in [-0.3, -0.25) is 0 Å². The van der Waals surface area contributed by atoms with E-state index in [1.807, 2.05) is 24.3 Å². The second kappa shape index (κ2) is 9.16. The Morgan fingerprint density at radius 3 is 2.15 bits per heavy atom. The van der Waals surface area contributed by atoms with E-state index >= 15 is 0 Å². The first-order valence-corrected chi connectivity index (χ1v) is 11.6. The minimum absolute atomic E-state index is 0.239. The number of hydrogen-bond donors (Lipinski definition) is 2. The third-order valence-corrected chi connectivity index (χ3v) is 6.64. The molecule has 1 fully saturated rings. The first kappa shape index (κ1) is 21.4. The summed E-state index contributed by atoms with van der Waals surface area (Å²) in [5.41, 5.74) is 5.44. The Hall–Kier alpha value is -3.50. The Kier molecular flexibility index (Phi) is 5.93. The summed E-state index contributed by atoms with van der Waals surface area (Å²) in [6.07, 6.45) is 3.54. The average molecular weight is 440 g/mol. The van der Waals surface area contributed by atoms with Crippen LogP contribution in [0.5, 0.6) is 11.5 Å². The summed E-state index contributed by atoms with van der Waals surface area (Å²) in [4.78, 5) is 2.46. The van der Waals surface area contributed by atoms with Crippen molar-refractivity contribution in [2.75, 3.05) is 25.1 Å². The molecule has 1 heterocycles. The van der Waals surface area contributed by atoms with Gasteiger partial charge in [0.1, 0.15) is 17.6 Å². The first-order valence-electron chi connectivity index (χ1n) is 11.6. The van der Waals surface area contributed by atoms with Gasteiger partial charge < -0.3 is 19.8 Å². The molecule has 2 N–H and O–H groups in total. The second-order valence-electron chi connectivity index (χ2n) is 8.73. The number of ether oxygens (including phenoxy) is 1. The zero-order valence-corrected chi connectivity index (χ0v) is 18.9. The van der Waals surface area contributed by atoms with E-state index in [9.17, 15) is 10.2 Å². The normalized spacial score (nSPS) is 15.0. The SMILES string of the molecule is COC(c1ccc(N2CCCCC2)cc1)c1c(-c2ccc(O)cc2)ccc2cc(O)ccc12. The maximum absolute atomic E-state index is 10.0. The summed E-state index contributed by atoms with van der Waals surface area (Å²) in [7, 11) is 1.74. The van der Waals surface area contributed by atoms with Gasteiger partial charge in [-0.1, -0.05) is 42.5 Å². The smallest absolute Gasteiger partial charge is 0.116 e. The third-order valence-electron chi connectivity index (χ3n) is 6.64. The largest absolute Gasteiger partial charge is 0.508 e. The van der Waals surface area contributed by atoms with Gasteiger partial charge in [-0.2, -0.15) is 0 Å². The van der Waals surface area contributed by atoms with Crippen molar-refractivity contribution in [3.05, 3.63) is 90.0 Å². The van der Waals surface area contributed by atoms with Crippen molar-refractivity contribution < 1.29 is 14.9 Å². The Bertz CT molecular complexity index is 1240. The van der Waals surface area contributed by atoms with Crippen LogP contribution < -0.4 is 4.90 Å². The molecule has 1 unspecified atom stereocenters. The number of phenols is 2. The maximum atomic E-state index is 10.0. The number of anilines is 1. The summed E-state index contributed by atoms with van der Waals surface area (Å²) in [5, 5.41) is 21.8. The predicted octanol–water partition coefficient (Wildman–Crippen LogP) is 6.64. The molecular formula is C29H29NO3. The number of fused-ring (bicyclic) bond motifs is 1. The van der Waals surface area contributed by atoms with Crippen LogP contribution in [0.1, 0.15) is 36.5 Å². The molecular weight excluding hydrogens is 410 g/mol. The van der Waals surface area contributed by atoms with Gasteiger partial charge in [0.2, 0.25) is 0 Å². The van der Waals surface area contributed by atoms with Crippen LogP contribution in [0.25, 0.3) is 21.9 Å². The molecule has 5 rings (SSSR count). The lowest BCUT2D eigenvalue weighted by atomic mass is 9.88. The highest BCUT2D eigenvalue weighted by Gasteiger charge is 2.22. The standard InChI is InChI=1S/C29H29NO3/c1-33-29(21-5-10-23(11-6-21)30-17-3-2-4-18-30)28-26(20-7-12-24(31)13-8-20)15-9-22-19-25(32)14-16-27(22)28/h5-16,19,29,31-32H,2-4,17-18H2,1H3. The van der Waals surface area contributed by atoms with Crippen molar-refractivity contribution >= 4 is 16.5 Å². The fourth-order valence-corrected chi connectivity index (χ4v) is 4.95. The Balaban J connectivity index is 1.62. The van der Waals surface area contributed by atoms with Gasteiger partial charge in [0, 0.05) is 31.5 Å². The number of rotatable bonds is 5. The molecule has 0 aromatic heterocycles. The number of benzene rings is 4. The van der Waals surface area contributed by atoms with Crippen LogP contribution in [0.4, 0.5) is 5.69 Å². The van der Waals surface area contributed by atoms with E-state index in [-0.39, 0.29) is 17.6 Å². The van der Waals surface area contributed by atoms with E-state index in [0.29, 0.717) is 0 Å². The van der Waals surface area contributed by atoms with Crippen molar-refractivity contribution in [1.82, 2.24) is 0 Å². The lowest BCUT2D eigenvalue weighted by molar-refractivity contribution is 0.138. The van der Waals surface area contributed by atoms with Crippen molar-refractivity contribution in [1.29, 1.82) is 0 Å². The lowest BCUT2D eigenvalue weighted by Crippen LogP contribution is -2.29. The van der Waals surface area contributed by atoms with E-state index < -0.39 is 0 Å². The molecule has 4 aromatic rings. The molecule has 4 nitrogen and oxygen atoms in total. The highest BCUT2D eigenvalue weighted by atomic mass is 16.5. The van der Waals surface area contributed by atoms with Crippen LogP contribution in [0, 0.1) is 0 Å². The highest BCUT2D eigenvalue weighted by molar-refractivity contribution is 5.93. The fourth-order valence-electron chi connectivity index (χ4n) is 4.95. The average Bonchev–Trinajstić information content (AvgIpc) is 2.86. The molecule has 4 aromatic carbocycles. The Morgan fingerprint density at radius 1 is 0.758 bits per heavy atom. The van der Waals surface area contributed by atoms with Gasteiger partial charge in [-0.05, 0) is 83.1 Å². The molecule has 1 aliphatic heterocycles. The first-order chi connectivity index (χ1) is 16.1. The Morgan fingerprint density at radius 2 is 1.45 bits per heavy atom. The van der Waals surface area contributed by atoms with E-state index in [4.69, 9.17) is 4.74 Å². The maximum Gasteiger partial charge on any atom is 0.116 e. The van der Waals surface area contributed by atoms with Crippen LogP contribution in [-0.4, -0.2) is 30.4 Å². The summed E-state index contributed by atoms with van der Waals surface area (Å²) in [6.45, 7) is 2.23. The van der Waals surface area contributed by atoms with Crippen molar-refractivity contribution in [3.8, 4) is 22.6 Å². The number of piperidine rings is 1. The van der Waals surface area contributed by atoms with Gasteiger partial charge in [0.15, 0.2) is 0 Å². The van der Waals surface area contributed by atoms with Gasteiger partial charge in [0.05, 0.1) is 0 Å². The fraction of sp³-hybridized carbons (Fsp3) is 0.241. The van der Waals surface area contributed by atoms with Crippen LogP contribution in [0.15, 0.2) is 78.9 Å². The number of aromatic hydroxyl groups is 2. The van der Waals surface area contributed by atoms with E-state index in [1.165, 1.54) is 24.9 Å². The van der Waals surface area contributed by atoms with Gasteiger partial charge in [-0.15, -0.1) is 0 Å². The van der Waals surface area contributed by atoms with E-state index in [1.54, 1.807) is 31.4 Å². The van der Waals surface area contributed by atoms with Crippen LogP contribution in [-0.2, 0) is 4.74 Å².